The molecule has 0 aromatic carbocycles. The van der Waals surface area contributed by atoms with Crippen LogP contribution in [0.15, 0.2) is 0 Å². The Morgan fingerprint density at radius 3 is 2.15 bits per heavy atom. The van der Waals surface area contributed by atoms with Gasteiger partial charge in [-0.3, -0.25) is 4.79 Å². The molecule has 3 rings (SSSR count). The zero-order valence-electron chi connectivity index (χ0n) is 12.2. The van der Waals surface area contributed by atoms with Crippen LogP contribution in [0.3, 0.4) is 0 Å². The molecule has 3 nitrogen and oxygen atoms in total. The van der Waals surface area contributed by atoms with Gasteiger partial charge in [0.15, 0.2) is 0 Å². The monoisotopic (exact) mass is 294 g/mol. The minimum absolute atomic E-state index is 0.110. The first-order valence-electron chi connectivity index (χ1n) is 8.17. The third kappa shape index (κ3) is 2.59. The second kappa shape index (κ2) is 5.28. The van der Waals surface area contributed by atoms with Crippen LogP contribution in [0.4, 0.5) is 0 Å². The summed E-state index contributed by atoms with van der Waals surface area (Å²) in [4.78, 5) is 13.2. The summed E-state index contributed by atoms with van der Waals surface area (Å²) >= 11 is 5.27. The Morgan fingerprint density at radius 1 is 1.10 bits per heavy atom. The fourth-order valence-corrected chi connectivity index (χ4v) is 4.23. The highest BCUT2D eigenvalue weighted by atomic mass is 32.1. The van der Waals surface area contributed by atoms with Crippen molar-refractivity contribution in [2.45, 2.75) is 64.2 Å². The molecule has 0 aromatic rings. The highest BCUT2D eigenvalue weighted by molar-refractivity contribution is 7.80. The molecule has 3 saturated carbocycles. The first-order chi connectivity index (χ1) is 9.59. The molecule has 3 N–H and O–H groups in total. The molecule has 0 unspecified atom stereocenters. The van der Waals surface area contributed by atoms with E-state index in [1.54, 1.807) is 0 Å². The van der Waals surface area contributed by atoms with Crippen molar-refractivity contribution in [3.05, 3.63) is 0 Å². The summed E-state index contributed by atoms with van der Waals surface area (Å²) < 4.78 is 0. The van der Waals surface area contributed by atoms with Gasteiger partial charge in [-0.2, -0.15) is 0 Å². The minimum Gasteiger partial charge on any atom is -0.392 e. The molecule has 0 spiro atoms. The molecule has 0 bridgehead atoms. The first kappa shape index (κ1) is 14.3. The first-order valence-corrected chi connectivity index (χ1v) is 8.58. The Kier molecular flexibility index (Phi) is 3.78. The number of hydrogen-bond donors (Lipinski definition) is 2. The molecular weight excluding hydrogens is 268 g/mol. The Morgan fingerprint density at radius 2 is 1.70 bits per heavy atom. The van der Waals surface area contributed by atoms with Crippen molar-refractivity contribution in [3.63, 3.8) is 0 Å². The number of amides is 1. The van der Waals surface area contributed by atoms with Crippen molar-refractivity contribution < 1.29 is 4.79 Å². The summed E-state index contributed by atoms with van der Waals surface area (Å²) in [6.07, 6.45) is 11.5. The van der Waals surface area contributed by atoms with E-state index in [1.807, 2.05) is 0 Å². The van der Waals surface area contributed by atoms with Crippen LogP contribution in [-0.2, 0) is 4.79 Å². The van der Waals surface area contributed by atoms with Crippen molar-refractivity contribution in [3.8, 4) is 0 Å². The fraction of sp³-hybridized carbons (Fsp3) is 0.875. The van der Waals surface area contributed by atoms with Gasteiger partial charge in [0.1, 0.15) is 0 Å². The third-order valence-corrected chi connectivity index (χ3v) is 6.19. The van der Waals surface area contributed by atoms with E-state index in [4.69, 9.17) is 18.0 Å². The van der Waals surface area contributed by atoms with E-state index in [-0.39, 0.29) is 5.91 Å². The summed E-state index contributed by atoms with van der Waals surface area (Å²) in [5.41, 5.74) is 5.85. The molecular formula is C16H26N2OS. The van der Waals surface area contributed by atoms with E-state index < -0.39 is 5.41 Å². The zero-order chi connectivity index (χ0) is 14.2. The van der Waals surface area contributed by atoms with Crippen molar-refractivity contribution in [1.82, 2.24) is 5.32 Å². The van der Waals surface area contributed by atoms with Crippen LogP contribution in [0.2, 0.25) is 0 Å². The van der Waals surface area contributed by atoms with E-state index >= 15 is 0 Å². The van der Waals surface area contributed by atoms with Crippen molar-refractivity contribution in [1.29, 1.82) is 0 Å². The van der Waals surface area contributed by atoms with Gasteiger partial charge in [-0.05, 0) is 49.9 Å². The highest BCUT2D eigenvalue weighted by Crippen LogP contribution is 2.60. The van der Waals surface area contributed by atoms with Crippen LogP contribution in [-0.4, -0.2) is 17.4 Å². The lowest BCUT2D eigenvalue weighted by Crippen LogP contribution is -2.50. The SMILES string of the molecule is NC(=S)C1(C(=O)NCC2(C3CC3)CC2)CCCCCC1. The van der Waals surface area contributed by atoms with E-state index in [0.29, 0.717) is 10.4 Å². The van der Waals surface area contributed by atoms with Gasteiger partial charge in [0.05, 0.1) is 10.4 Å². The van der Waals surface area contributed by atoms with Crippen LogP contribution < -0.4 is 11.1 Å². The summed E-state index contributed by atoms with van der Waals surface area (Å²) in [5, 5.41) is 3.22. The lowest BCUT2D eigenvalue weighted by atomic mass is 9.79. The molecule has 112 valence electrons. The number of nitrogens with one attached hydrogen (secondary N) is 1. The number of carbonyl (C=O) groups excluding carboxylic acids is 1. The van der Waals surface area contributed by atoms with Gasteiger partial charge in [-0.1, -0.05) is 37.9 Å². The molecule has 1 amide bonds. The number of thiocarbonyl (C=S) groups is 1. The molecule has 0 aromatic heterocycles. The number of nitrogens with two attached hydrogens (primary N) is 1. The standard InChI is InChI=1S/C16H26N2OS/c17-13(20)16(7-3-1-2-4-8-16)14(19)18-11-15(9-10-15)12-5-6-12/h12H,1-11H2,(H2,17,20)(H,18,19). The molecule has 0 atom stereocenters. The average Bonchev–Trinajstić information content (AvgIpc) is 3.32. The van der Waals surface area contributed by atoms with E-state index in [2.05, 4.69) is 5.32 Å². The smallest absolute Gasteiger partial charge is 0.233 e. The number of carbonyl (C=O) groups is 1. The molecule has 0 radical (unpaired) electrons. The molecule has 4 heteroatoms. The van der Waals surface area contributed by atoms with Gasteiger partial charge in [0.25, 0.3) is 0 Å². The van der Waals surface area contributed by atoms with Crippen LogP contribution in [0, 0.1) is 16.7 Å². The van der Waals surface area contributed by atoms with Crippen LogP contribution in [0.1, 0.15) is 64.2 Å². The number of hydrogen-bond acceptors (Lipinski definition) is 2. The van der Waals surface area contributed by atoms with E-state index in [1.165, 1.54) is 38.5 Å². The molecule has 3 aliphatic carbocycles. The Balaban J connectivity index is 1.64. The molecule has 0 saturated heterocycles. The summed E-state index contributed by atoms with van der Waals surface area (Å²) in [7, 11) is 0. The van der Waals surface area contributed by atoms with Crippen LogP contribution in [0.5, 0.6) is 0 Å². The second-order valence-corrected chi connectivity index (χ2v) is 7.62. The summed E-state index contributed by atoms with van der Waals surface area (Å²) in [6.45, 7) is 0.848. The lowest BCUT2D eigenvalue weighted by molar-refractivity contribution is -0.128. The van der Waals surface area contributed by atoms with E-state index in [0.717, 1.165) is 38.1 Å². The van der Waals surface area contributed by atoms with Gasteiger partial charge in [-0.15, -0.1) is 0 Å². The van der Waals surface area contributed by atoms with Crippen LogP contribution in [0.25, 0.3) is 0 Å². The molecule has 20 heavy (non-hydrogen) atoms. The third-order valence-electron chi connectivity index (χ3n) is 5.80. The van der Waals surface area contributed by atoms with Crippen molar-refractivity contribution in [2.24, 2.45) is 22.5 Å². The van der Waals surface area contributed by atoms with Gasteiger partial charge in [-0.25, -0.2) is 0 Å². The van der Waals surface area contributed by atoms with Gasteiger partial charge < -0.3 is 11.1 Å². The quantitative estimate of drug-likeness (QED) is 0.605. The van der Waals surface area contributed by atoms with Crippen molar-refractivity contribution in [2.75, 3.05) is 6.54 Å². The summed E-state index contributed by atoms with van der Waals surface area (Å²) in [5.74, 6) is 0.983. The molecule has 0 heterocycles. The predicted molar refractivity (Wildman–Crippen MR) is 84.3 cm³/mol. The Labute approximate surface area is 127 Å². The maximum atomic E-state index is 12.8. The maximum absolute atomic E-state index is 12.8. The topological polar surface area (TPSA) is 55.1 Å². The lowest BCUT2D eigenvalue weighted by Gasteiger charge is -2.31. The highest BCUT2D eigenvalue weighted by Gasteiger charge is 2.54. The van der Waals surface area contributed by atoms with Gasteiger partial charge in [0, 0.05) is 6.54 Å². The zero-order valence-corrected chi connectivity index (χ0v) is 13.1. The predicted octanol–water partition coefficient (Wildman–Crippen LogP) is 2.92. The minimum atomic E-state index is -0.564. The van der Waals surface area contributed by atoms with Gasteiger partial charge in [0.2, 0.25) is 5.91 Å². The van der Waals surface area contributed by atoms with Crippen molar-refractivity contribution >= 4 is 23.1 Å². The summed E-state index contributed by atoms with van der Waals surface area (Å²) in [6, 6.07) is 0. The average molecular weight is 294 g/mol. The Hall–Kier alpha value is -0.640. The molecule has 0 aliphatic heterocycles. The second-order valence-electron chi connectivity index (χ2n) is 7.18. The number of rotatable bonds is 5. The molecule has 3 fully saturated rings. The normalized spacial score (nSPS) is 27.4. The maximum Gasteiger partial charge on any atom is 0.233 e. The Bertz CT molecular complexity index is 405. The van der Waals surface area contributed by atoms with E-state index in [9.17, 15) is 4.79 Å². The van der Waals surface area contributed by atoms with Crippen LogP contribution >= 0.6 is 12.2 Å². The van der Waals surface area contributed by atoms with Gasteiger partial charge >= 0.3 is 0 Å². The molecule has 3 aliphatic rings. The largest absolute Gasteiger partial charge is 0.392 e. The fourth-order valence-electron chi connectivity index (χ4n) is 3.93.